The van der Waals surface area contributed by atoms with Crippen LogP contribution in [-0.2, 0) is 29.2 Å². The number of hydrogen-bond donors (Lipinski definition) is 0. The third kappa shape index (κ3) is 2.83. The van der Waals surface area contributed by atoms with Gasteiger partial charge in [-0.15, -0.1) is 0 Å². The lowest BCUT2D eigenvalue weighted by atomic mass is 10.0. The number of sulfone groups is 1. The van der Waals surface area contributed by atoms with E-state index in [4.69, 9.17) is 4.74 Å². The van der Waals surface area contributed by atoms with Gasteiger partial charge in [0.25, 0.3) is 0 Å². The largest absolute Gasteiger partial charge is 0.496 e. The fraction of sp³-hybridized carbons (Fsp3) is 0.500. The Kier molecular flexibility index (Phi) is 3.87. The Morgan fingerprint density at radius 1 is 1.29 bits per heavy atom. The Hall–Kier alpha value is -1.82. The molecule has 5 nitrogen and oxygen atoms in total. The zero-order valence-electron chi connectivity index (χ0n) is 13.9. The molecule has 1 aromatic carbocycles. The molecule has 0 spiro atoms. The maximum absolute atomic E-state index is 11.7. The van der Waals surface area contributed by atoms with Gasteiger partial charge in [-0.25, -0.2) is 13.4 Å². The molecule has 1 unspecified atom stereocenters. The van der Waals surface area contributed by atoms with Gasteiger partial charge >= 0.3 is 0 Å². The SMILES string of the molecule is COc1cc2c(cc1-c1nccn1CC1CCS(=O)(=O)C1)CCC2. The van der Waals surface area contributed by atoms with Crippen LogP contribution in [0.15, 0.2) is 24.5 Å². The molecule has 0 saturated carbocycles. The second kappa shape index (κ2) is 5.92. The molecule has 1 aliphatic heterocycles. The first-order valence-electron chi connectivity index (χ1n) is 8.47. The van der Waals surface area contributed by atoms with E-state index in [1.807, 2.05) is 6.20 Å². The van der Waals surface area contributed by atoms with Crippen LogP contribution in [0, 0.1) is 5.92 Å². The van der Waals surface area contributed by atoms with Crippen molar-refractivity contribution in [2.45, 2.75) is 32.2 Å². The van der Waals surface area contributed by atoms with Crippen LogP contribution in [0.4, 0.5) is 0 Å². The Balaban J connectivity index is 1.68. The van der Waals surface area contributed by atoms with Crippen LogP contribution in [0.25, 0.3) is 11.4 Å². The molecule has 1 saturated heterocycles. The summed E-state index contributed by atoms with van der Waals surface area (Å²) in [4.78, 5) is 4.53. The number of aryl methyl sites for hydroxylation is 2. The zero-order valence-corrected chi connectivity index (χ0v) is 14.7. The van der Waals surface area contributed by atoms with E-state index in [0.717, 1.165) is 36.4 Å². The summed E-state index contributed by atoms with van der Waals surface area (Å²) in [5.41, 5.74) is 3.75. The minimum Gasteiger partial charge on any atom is -0.496 e. The zero-order chi connectivity index (χ0) is 16.7. The van der Waals surface area contributed by atoms with Crippen LogP contribution in [-0.4, -0.2) is 36.6 Å². The van der Waals surface area contributed by atoms with Crippen molar-refractivity contribution in [2.24, 2.45) is 5.92 Å². The summed E-state index contributed by atoms with van der Waals surface area (Å²) >= 11 is 0. The fourth-order valence-corrected chi connectivity index (χ4v) is 5.79. The third-order valence-electron chi connectivity index (χ3n) is 5.15. The summed E-state index contributed by atoms with van der Waals surface area (Å²) < 4.78 is 31.1. The van der Waals surface area contributed by atoms with Crippen molar-refractivity contribution in [2.75, 3.05) is 18.6 Å². The van der Waals surface area contributed by atoms with E-state index in [9.17, 15) is 8.42 Å². The minimum atomic E-state index is -2.86. The summed E-state index contributed by atoms with van der Waals surface area (Å²) in [6.07, 6.45) is 7.87. The van der Waals surface area contributed by atoms with Crippen LogP contribution in [0.5, 0.6) is 5.75 Å². The third-order valence-corrected chi connectivity index (χ3v) is 6.99. The van der Waals surface area contributed by atoms with E-state index in [1.165, 1.54) is 17.5 Å². The first-order chi connectivity index (χ1) is 11.6. The average Bonchev–Trinajstić information content (AvgIpc) is 3.25. The van der Waals surface area contributed by atoms with Gasteiger partial charge in [0.1, 0.15) is 11.6 Å². The number of ether oxygens (including phenoxy) is 1. The lowest BCUT2D eigenvalue weighted by Gasteiger charge is -2.15. The number of hydrogen-bond acceptors (Lipinski definition) is 4. The summed E-state index contributed by atoms with van der Waals surface area (Å²) in [5, 5.41) is 0. The van der Waals surface area contributed by atoms with Crippen molar-refractivity contribution in [3.63, 3.8) is 0 Å². The van der Waals surface area contributed by atoms with E-state index >= 15 is 0 Å². The molecule has 0 N–H and O–H groups in total. The summed E-state index contributed by atoms with van der Waals surface area (Å²) in [6.45, 7) is 0.689. The van der Waals surface area contributed by atoms with Gasteiger partial charge < -0.3 is 9.30 Å². The molecule has 2 aliphatic rings. The van der Waals surface area contributed by atoms with Crippen molar-refractivity contribution in [1.29, 1.82) is 0 Å². The van der Waals surface area contributed by atoms with Gasteiger partial charge in [-0.1, -0.05) is 0 Å². The second-order valence-electron chi connectivity index (χ2n) is 6.85. The van der Waals surface area contributed by atoms with E-state index in [-0.39, 0.29) is 11.7 Å². The molecule has 1 aliphatic carbocycles. The van der Waals surface area contributed by atoms with Crippen molar-refractivity contribution < 1.29 is 13.2 Å². The van der Waals surface area contributed by atoms with Crippen LogP contribution < -0.4 is 4.74 Å². The van der Waals surface area contributed by atoms with E-state index in [2.05, 4.69) is 21.7 Å². The van der Waals surface area contributed by atoms with Crippen molar-refractivity contribution in [1.82, 2.24) is 9.55 Å². The highest BCUT2D eigenvalue weighted by Gasteiger charge is 2.29. The van der Waals surface area contributed by atoms with E-state index in [0.29, 0.717) is 12.3 Å². The first-order valence-corrected chi connectivity index (χ1v) is 10.3. The molecule has 1 fully saturated rings. The number of rotatable bonds is 4. The predicted molar refractivity (Wildman–Crippen MR) is 93.0 cm³/mol. The number of imidazole rings is 1. The molecule has 0 radical (unpaired) electrons. The Morgan fingerprint density at radius 2 is 2.08 bits per heavy atom. The van der Waals surface area contributed by atoms with Gasteiger partial charge in [-0.2, -0.15) is 0 Å². The highest BCUT2D eigenvalue weighted by molar-refractivity contribution is 7.91. The molecule has 0 bridgehead atoms. The molecule has 1 aromatic heterocycles. The maximum atomic E-state index is 11.7. The molecule has 6 heteroatoms. The van der Waals surface area contributed by atoms with Crippen molar-refractivity contribution in [3.8, 4) is 17.1 Å². The first kappa shape index (κ1) is 15.7. The quantitative estimate of drug-likeness (QED) is 0.853. The number of methoxy groups -OCH3 is 1. The van der Waals surface area contributed by atoms with Crippen molar-refractivity contribution in [3.05, 3.63) is 35.7 Å². The van der Waals surface area contributed by atoms with Gasteiger partial charge in [0.2, 0.25) is 0 Å². The molecule has 2 aromatic rings. The highest BCUT2D eigenvalue weighted by atomic mass is 32.2. The van der Waals surface area contributed by atoms with Gasteiger partial charge in [0.15, 0.2) is 9.84 Å². The fourth-order valence-electron chi connectivity index (χ4n) is 3.94. The lowest BCUT2D eigenvalue weighted by Crippen LogP contribution is -2.13. The van der Waals surface area contributed by atoms with E-state index < -0.39 is 9.84 Å². The second-order valence-corrected chi connectivity index (χ2v) is 9.08. The highest BCUT2D eigenvalue weighted by Crippen LogP contribution is 2.36. The molecule has 128 valence electrons. The average molecular weight is 346 g/mol. The van der Waals surface area contributed by atoms with Gasteiger partial charge in [-0.05, 0) is 54.9 Å². The predicted octanol–water partition coefficient (Wildman–Crippen LogP) is 2.48. The van der Waals surface area contributed by atoms with Gasteiger partial charge in [-0.3, -0.25) is 0 Å². The standard InChI is InChI=1S/C18H22N2O3S/c1-23-17-10-15-4-2-3-14(15)9-16(17)18-19-6-7-20(18)11-13-5-8-24(21,22)12-13/h6-7,9-10,13H,2-5,8,11-12H2,1H3. The molecule has 24 heavy (non-hydrogen) atoms. The Bertz CT molecular complexity index is 870. The van der Waals surface area contributed by atoms with Crippen molar-refractivity contribution >= 4 is 9.84 Å². The lowest BCUT2D eigenvalue weighted by molar-refractivity contribution is 0.415. The molecule has 1 atom stereocenters. The monoisotopic (exact) mass is 346 g/mol. The summed E-state index contributed by atoms with van der Waals surface area (Å²) in [7, 11) is -1.16. The van der Waals surface area contributed by atoms with Crippen LogP contribution in [0.1, 0.15) is 24.0 Å². The number of fused-ring (bicyclic) bond motifs is 1. The Morgan fingerprint density at radius 3 is 2.79 bits per heavy atom. The minimum absolute atomic E-state index is 0.170. The number of aromatic nitrogens is 2. The van der Waals surface area contributed by atoms with Crippen LogP contribution >= 0.6 is 0 Å². The van der Waals surface area contributed by atoms with Crippen LogP contribution in [0.3, 0.4) is 0 Å². The molecule has 2 heterocycles. The van der Waals surface area contributed by atoms with Gasteiger partial charge in [0, 0.05) is 18.9 Å². The maximum Gasteiger partial charge on any atom is 0.150 e. The normalized spacial score (nSPS) is 21.8. The Labute approximate surface area is 142 Å². The molecular formula is C18H22N2O3S. The number of nitrogens with zero attached hydrogens (tertiary/aromatic N) is 2. The van der Waals surface area contributed by atoms with Gasteiger partial charge in [0.05, 0.1) is 24.2 Å². The topological polar surface area (TPSA) is 61.2 Å². The molecular weight excluding hydrogens is 324 g/mol. The van der Waals surface area contributed by atoms with Crippen LogP contribution in [0.2, 0.25) is 0 Å². The smallest absolute Gasteiger partial charge is 0.150 e. The number of benzene rings is 1. The molecule has 0 amide bonds. The summed E-state index contributed by atoms with van der Waals surface area (Å²) in [5.74, 6) is 2.48. The summed E-state index contributed by atoms with van der Waals surface area (Å²) in [6, 6.07) is 4.34. The molecule has 4 rings (SSSR count). The van der Waals surface area contributed by atoms with E-state index in [1.54, 1.807) is 13.3 Å².